The van der Waals surface area contributed by atoms with Crippen molar-refractivity contribution in [3.8, 4) is 0 Å². The van der Waals surface area contributed by atoms with Crippen LogP contribution in [0.15, 0.2) is 12.1 Å². The summed E-state index contributed by atoms with van der Waals surface area (Å²) in [6.07, 6.45) is 7.70. The summed E-state index contributed by atoms with van der Waals surface area (Å²) in [7, 11) is 0. The fraction of sp³-hybridized carbons (Fsp3) is 0.500. The van der Waals surface area contributed by atoms with Crippen LogP contribution in [0.3, 0.4) is 0 Å². The highest BCUT2D eigenvalue weighted by Crippen LogP contribution is 2.26. The summed E-state index contributed by atoms with van der Waals surface area (Å²) < 4.78 is 0. The van der Waals surface area contributed by atoms with Crippen LogP contribution in [0.1, 0.15) is 70.4 Å². The Labute approximate surface area is 118 Å². The molecule has 0 aliphatic heterocycles. The normalized spacial score (nSPS) is 16.2. The van der Waals surface area contributed by atoms with E-state index in [-0.39, 0.29) is 11.1 Å². The lowest BCUT2D eigenvalue weighted by Crippen LogP contribution is -2.12. The lowest BCUT2D eigenvalue weighted by molar-refractivity contribution is 0.0679. The number of carboxylic acid groups (broad SMARTS) is 2. The number of hydrogen-bond acceptors (Lipinski definition) is 2. The van der Waals surface area contributed by atoms with Gasteiger partial charge in [-0.15, -0.1) is 0 Å². The van der Waals surface area contributed by atoms with E-state index in [0.717, 1.165) is 36.8 Å². The molecule has 0 saturated carbocycles. The van der Waals surface area contributed by atoms with E-state index >= 15 is 0 Å². The van der Waals surface area contributed by atoms with Crippen LogP contribution in [0.2, 0.25) is 0 Å². The maximum absolute atomic E-state index is 11.4. The van der Waals surface area contributed by atoms with Crippen molar-refractivity contribution in [1.29, 1.82) is 0 Å². The zero-order valence-electron chi connectivity index (χ0n) is 11.5. The Kier molecular flexibility index (Phi) is 4.77. The minimum Gasteiger partial charge on any atom is -0.478 e. The maximum atomic E-state index is 11.4. The topological polar surface area (TPSA) is 74.6 Å². The minimum absolute atomic E-state index is 0.269. The van der Waals surface area contributed by atoms with Crippen molar-refractivity contribution in [2.45, 2.75) is 51.4 Å². The first-order chi connectivity index (χ1) is 9.61. The SMILES string of the molecule is O=C(O)c1ccc(C(=O)O)c2c1CCCCCCCC2. The zero-order valence-corrected chi connectivity index (χ0v) is 11.5. The van der Waals surface area contributed by atoms with Gasteiger partial charge in [0, 0.05) is 0 Å². The molecule has 0 radical (unpaired) electrons. The Morgan fingerprint density at radius 2 is 1.05 bits per heavy atom. The third kappa shape index (κ3) is 3.18. The average Bonchev–Trinajstić information content (AvgIpc) is 2.42. The van der Waals surface area contributed by atoms with Crippen molar-refractivity contribution in [3.05, 3.63) is 34.4 Å². The van der Waals surface area contributed by atoms with Crippen molar-refractivity contribution in [2.75, 3.05) is 0 Å². The van der Waals surface area contributed by atoms with Crippen LogP contribution in [0.5, 0.6) is 0 Å². The largest absolute Gasteiger partial charge is 0.478 e. The van der Waals surface area contributed by atoms with Crippen molar-refractivity contribution in [3.63, 3.8) is 0 Å². The minimum atomic E-state index is -0.963. The van der Waals surface area contributed by atoms with Gasteiger partial charge in [-0.2, -0.15) is 0 Å². The summed E-state index contributed by atoms with van der Waals surface area (Å²) in [6, 6.07) is 2.88. The Morgan fingerprint density at radius 3 is 1.40 bits per heavy atom. The summed E-state index contributed by atoms with van der Waals surface area (Å²) in [5.41, 5.74) is 2.01. The van der Waals surface area contributed by atoms with Gasteiger partial charge in [0.05, 0.1) is 11.1 Å². The van der Waals surface area contributed by atoms with Gasteiger partial charge < -0.3 is 10.2 Å². The summed E-state index contributed by atoms with van der Waals surface area (Å²) in [6.45, 7) is 0. The third-order valence-corrected chi connectivity index (χ3v) is 4.00. The Balaban J connectivity index is 2.50. The zero-order chi connectivity index (χ0) is 14.5. The Bertz CT molecular complexity index is 472. The molecule has 0 amide bonds. The molecule has 0 fully saturated rings. The molecule has 2 N–H and O–H groups in total. The van der Waals surface area contributed by atoms with Gasteiger partial charge in [-0.05, 0) is 48.9 Å². The number of carbonyl (C=O) groups is 2. The molecular weight excluding hydrogens is 256 g/mol. The molecule has 0 bridgehead atoms. The van der Waals surface area contributed by atoms with E-state index in [0.29, 0.717) is 12.8 Å². The highest BCUT2D eigenvalue weighted by Gasteiger charge is 2.20. The quantitative estimate of drug-likeness (QED) is 0.866. The summed E-state index contributed by atoms with van der Waals surface area (Å²) in [5, 5.41) is 18.6. The van der Waals surface area contributed by atoms with Crippen LogP contribution >= 0.6 is 0 Å². The fourth-order valence-electron chi connectivity index (χ4n) is 2.98. The molecule has 0 unspecified atom stereocenters. The molecule has 0 saturated heterocycles. The van der Waals surface area contributed by atoms with E-state index < -0.39 is 11.9 Å². The number of hydrogen-bond donors (Lipinski definition) is 2. The van der Waals surface area contributed by atoms with Crippen molar-refractivity contribution >= 4 is 11.9 Å². The number of aromatic carboxylic acids is 2. The third-order valence-electron chi connectivity index (χ3n) is 4.00. The molecule has 2 rings (SSSR count). The highest BCUT2D eigenvalue weighted by molar-refractivity contribution is 5.95. The summed E-state index contributed by atoms with van der Waals surface area (Å²) >= 11 is 0. The van der Waals surface area contributed by atoms with Crippen molar-refractivity contribution in [2.24, 2.45) is 0 Å². The average molecular weight is 276 g/mol. The van der Waals surface area contributed by atoms with Crippen LogP contribution in [-0.4, -0.2) is 22.2 Å². The van der Waals surface area contributed by atoms with E-state index in [1.807, 2.05) is 0 Å². The second-order valence-electron chi connectivity index (χ2n) is 5.35. The van der Waals surface area contributed by atoms with E-state index in [1.54, 1.807) is 0 Å². The molecule has 1 aromatic carbocycles. The van der Waals surface area contributed by atoms with Gasteiger partial charge >= 0.3 is 11.9 Å². The van der Waals surface area contributed by atoms with Crippen LogP contribution < -0.4 is 0 Å². The standard InChI is InChI=1S/C16H20O4/c17-15(18)13-9-10-14(16(19)20)12-8-6-4-2-1-3-5-7-11(12)13/h9-10H,1-8H2,(H,17,18)(H,19,20). The molecule has 1 aliphatic carbocycles. The molecule has 0 heterocycles. The smallest absolute Gasteiger partial charge is 0.335 e. The first kappa shape index (κ1) is 14.6. The number of carboxylic acids is 2. The van der Waals surface area contributed by atoms with E-state index in [4.69, 9.17) is 0 Å². The van der Waals surface area contributed by atoms with Gasteiger partial charge in [0.2, 0.25) is 0 Å². The van der Waals surface area contributed by atoms with Crippen LogP contribution in [0, 0.1) is 0 Å². The first-order valence-corrected chi connectivity index (χ1v) is 7.22. The predicted octanol–water partition coefficient (Wildman–Crippen LogP) is 3.52. The molecular formula is C16H20O4. The van der Waals surface area contributed by atoms with Crippen molar-refractivity contribution < 1.29 is 19.8 Å². The molecule has 4 nitrogen and oxygen atoms in total. The first-order valence-electron chi connectivity index (χ1n) is 7.22. The van der Waals surface area contributed by atoms with Crippen LogP contribution in [-0.2, 0) is 12.8 Å². The molecule has 4 heteroatoms. The van der Waals surface area contributed by atoms with Gasteiger partial charge in [0.15, 0.2) is 0 Å². The molecule has 1 aliphatic rings. The van der Waals surface area contributed by atoms with Crippen LogP contribution in [0.25, 0.3) is 0 Å². The molecule has 108 valence electrons. The second-order valence-corrected chi connectivity index (χ2v) is 5.35. The number of benzene rings is 1. The van der Waals surface area contributed by atoms with E-state index in [1.165, 1.54) is 25.0 Å². The molecule has 0 atom stereocenters. The van der Waals surface area contributed by atoms with Gasteiger partial charge in [-0.25, -0.2) is 9.59 Å². The summed E-state index contributed by atoms with van der Waals surface area (Å²) in [5.74, 6) is -1.93. The van der Waals surface area contributed by atoms with Gasteiger partial charge in [-0.1, -0.05) is 25.7 Å². The van der Waals surface area contributed by atoms with Crippen LogP contribution in [0.4, 0.5) is 0 Å². The fourth-order valence-corrected chi connectivity index (χ4v) is 2.98. The van der Waals surface area contributed by atoms with Crippen molar-refractivity contribution in [1.82, 2.24) is 0 Å². The highest BCUT2D eigenvalue weighted by atomic mass is 16.4. The number of fused-ring (bicyclic) bond motifs is 1. The number of rotatable bonds is 2. The molecule has 0 spiro atoms. The summed E-state index contributed by atoms with van der Waals surface area (Å²) in [4.78, 5) is 22.7. The second kappa shape index (κ2) is 6.55. The molecule has 0 aromatic heterocycles. The van der Waals surface area contributed by atoms with Gasteiger partial charge in [0.1, 0.15) is 0 Å². The predicted molar refractivity (Wildman–Crippen MR) is 75.5 cm³/mol. The molecule has 1 aromatic rings. The Morgan fingerprint density at radius 1 is 0.700 bits per heavy atom. The maximum Gasteiger partial charge on any atom is 0.335 e. The van der Waals surface area contributed by atoms with Gasteiger partial charge in [-0.3, -0.25) is 0 Å². The lowest BCUT2D eigenvalue weighted by Gasteiger charge is -2.17. The van der Waals surface area contributed by atoms with E-state index in [2.05, 4.69) is 0 Å². The van der Waals surface area contributed by atoms with Gasteiger partial charge in [0.25, 0.3) is 0 Å². The lowest BCUT2D eigenvalue weighted by atomic mass is 9.87. The molecule has 20 heavy (non-hydrogen) atoms. The Hall–Kier alpha value is -1.84. The van der Waals surface area contributed by atoms with E-state index in [9.17, 15) is 19.8 Å². The monoisotopic (exact) mass is 276 g/mol.